The second kappa shape index (κ2) is 8.30. The van der Waals surface area contributed by atoms with Gasteiger partial charge in [0.05, 0.1) is 0 Å². The summed E-state index contributed by atoms with van der Waals surface area (Å²) in [6.07, 6.45) is 7.58. The number of allylic oxidation sites excluding steroid dienone is 1. The molecule has 0 radical (unpaired) electrons. The van der Waals surface area contributed by atoms with Gasteiger partial charge in [0, 0.05) is 12.8 Å². The van der Waals surface area contributed by atoms with E-state index in [1.54, 1.807) is 0 Å². The molecule has 0 aromatic rings. The molecule has 0 heterocycles. The highest BCUT2D eigenvalue weighted by Crippen LogP contribution is 1.96. The molecule has 0 aliphatic carbocycles. The Morgan fingerprint density at radius 2 is 2.10 bits per heavy atom. The van der Waals surface area contributed by atoms with Gasteiger partial charge < -0.3 is 0 Å². The molecule has 0 nitrogen and oxygen atoms in total. The van der Waals surface area contributed by atoms with Gasteiger partial charge in [-0.1, -0.05) is 31.8 Å². The maximum atomic E-state index is 3.59. The molecule has 0 rings (SSSR count). The normalized spacial score (nSPS) is 8.10. The van der Waals surface area contributed by atoms with Crippen molar-refractivity contribution in [1.29, 1.82) is 0 Å². The number of hydrogen-bond acceptors (Lipinski definition) is 0. The van der Waals surface area contributed by atoms with Gasteiger partial charge in [0.1, 0.15) is 0 Å². The lowest BCUT2D eigenvalue weighted by molar-refractivity contribution is 0.737. The topological polar surface area (TPSA) is 0 Å². The Balaban J connectivity index is 3.03. The van der Waals surface area contributed by atoms with Gasteiger partial charge in [-0.05, 0) is 6.42 Å². The molecule has 0 amide bonds. The second-order valence-electron chi connectivity index (χ2n) is 2.30. The Morgan fingerprint density at radius 1 is 1.30 bits per heavy atom. The van der Waals surface area contributed by atoms with Crippen molar-refractivity contribution in [3.63, 3.8) is 0 Å². The molecule has 56 valence electrons. The summed E-state index contributed by atoms with van der Waals surface area (Å²) < 4.78 is 0. The zero-order valence-corrected chi connectivity index (χ0v) is 6.82. The summed E-state index contributed by atoms with van der Waals surface area (Å²) in [4.78, 5) is 0. The maximum Gasteiger partial charge on any atom is 0.0267 e. The van der Waals surface area contributed by atoms with Crippen molar-refractivity contribution >= 4 is 0 Å². The van der Waals surface area contributed by atoms with Crippen LogP contribution in [0.3, 0.4) is 0 Å². The standard InChI is InChI=1S/C10H16/c1-3-5-7-9-10-8-6-4-2/h3H,1,4-6,8,10H2,2H3. The molecule has 0 saturated heterocycles. The predicted octanol–water partition coefficient (Wildman–Crippen LogP) is 3.15. The van der Waals surface area contributed by atoms with E-state index >= 15 is 0 Å². The quantitative estimate of drug-likeness (QED) is 0.316. The molecule has 0 aromatic heterocycles. The monoisotopic (exact) mass is 136 g/mol. The van der Waals surface area contributed by atoms with Crippen LogP contribution in [0.15, 0.2) is 12.7 Å². The fourth-order valence-electron chi connectivity index (χ4n) is 0.696. The smallest absolute Gasteiger partial charge is 0.0267 e. The Hall–Kier alpha value is -0.700. The number of unbranched alkanes of at least 4 members (excludes halogenated alkanes) is 3. The molecule has 10 heavy (non-hydrogen) atoms. The molecule has 0 N–H and O–H groups in total. The third kappa shape index (κ3) is 7.30. The minimum atomic E-state index is 0.839. The molecule has 0 atom stereocenters. The van der Waals surface area contributed by atoms with E-state index in [4.69, 9.17) is 0 Å². The summed E-state index contributed by atoms with van der Waals surface area (Å²) in [5, 5.41) is 0. The van der Waals surface area contributed by atoms with Crippen LogP contribution in [0.5, 0.6) is 0 Å². The van der Waals surface area contributed by atoms with Gasteiger partial charge in [-0.3, -0.25) is 0 Å². The molecule has 0 bridgehead atoms. The van der Waals surface area contributed by atoms with Gasteiger partial charge in [0.15, 0.2) is 0 Å². The third-order valence-corrected chi connectivity index (χ3v) is 1.28. The van der Waals surface area contributed by atoms with Gasteiger partial charge in [-0.2, -0.15) is 0 Å². The SMILES string of the molecule is C=CCC#CCCCCC. The molecule has 0 unspecified atom stereocenters. The summed E-state index contributed by atoms with van der Waals surface area (Å²) >= 11 is 0. The first-order valence-corrected chi connectivity index (χ1v) is 3.98. The second-order valence-corrected chi connectivity index (χ2v) is 2.30. The van der Waals surface area contributed by atoms with Crippen LogP contribution >= 0.6 is 0 Å². The van der Waals surface area contributed by atoms with Crippen molar-refractivity contribution in [3.05, 3.63) is 12.7 Å². The highest BCUT2D eigenvalue weighted by molar-refractivity contribution is 5.02. The summed E-state index contributed by atoms with van der Waals surface area (Å²) in [6.45, 7) is 5.80. The lowest BCUT2D eigenvalue weighted by Gasteiger charge is -1.87. The summed E-state index contributed by atoms with van der Waals surface area (Å²) in [5.74, 6) is 6.13. The van der Waals surface area contributed by atoms with Gasteiger partial charge >= 0.3 is 0 Å². The van der Waals surface area contributed by atoms with E-state index in [2.05, 4.69) is 25.3 Å². The van der Waals surface area contributed by atoms with Gasteiger partial charge in [0.2, 0.25) is 0 Å². The highest BCUT2D eigenvalue weighted by atomic mass is 13.8. The molecule has 0 aliphatic rings. The van der Waals surface area contributed by atoms with Crippen LogP contribution in [0.2, 0.25) is 0 Å². The summed E-state index contributed by atoms with van der Waals surface area (Å²) in [6, 6.07) is 0. The predicted molar refractivity (Wildman–Crippen MR) is 46.7 cm³/mol. The first-order valence-electron chi connectivity index (χ1n) is 3.98. The molecule has 0 aliphatic heterocycles. The zero-order valence-electron chi connectivity index (χ0n) is 6.82. The fourth-order valence-corrected chi connectivity index (χ4v) is 0.696. The number of hydrogen-bond donors (Lipinski definition) is 0. The molecule has 0 saturated carbocycles. The zero-order chi connectivity index (χ0) is 7.66. The minimum absolute atomic E-state index is 0.839. The molecule has 0 spiro atoms. The van der Waals surface area contributed by atoms with Gasteiger partial charge in [0.25, 0.3) is 0 Å². The van der Waals surface area contributed by atoms with E-state index in [1.165, 1.54) is 19.3 Å². The van der Waals surface area contributed by atoms with Gasteiger partial charge in [-0.25, -0.2) is 0 Å². The van der Waals surface area contributed by atoms with Crippen molar-refractivity contribution in [2.24, 2.45) is 0 Å². The van der Waals surface area contributed by atoms with Crippen molar-refractivity contribution in [2.45, 2.75) is 39.0 Å². The lowest BCUT2D eigenvalue weighted by Crippen LogP contribution is -1.70. The first kappa shape index (κ1) is 9.30. The third-order valence-electron chi connectivity index (χ3n) is 1.28. The fraction of sp³-hybridized carbons (Fsp3) is 0.600. The van der Waals surface area contributed by atoms with E-state index < -0.39 is 0 Å². The molecular formula is C10H16. The van der Waals surface area contributed by atoms with Crippen molar-refractivity contribution in [2.75, 3.05) is 0 Å². The lowest BCUT2D eigenvalue weighted by atomic mass is 10.2. The first-order chi connectivity index (χ1) is 4.91. The Morgan fingerprint density at radius 3 is 2.70 bits per heavy atom. The van der Waals surface area contributed by atoms with Gasteiger partial charge in [-0.15, -0.1) is 12.5 Å². The summed E-state index contributed by atoms with van der Waals surface area (Å²) in [5.41, 5.74) is 0. The van der Waals surface area contributed by atoms with Crippen LogP contribution in [0.25, 0.3) is 0 Å². The van der Waals surface area contributed by atoms with Crippen LogP contribution in [0.1, 0.15) is 39.0 Å². The molecule has 0 fully saturated rings. The maximum absolute atomic E-state index is 3.59. The van der Waals surface area contributed by atoms with E-state index in [1.807, 2.05) is 6.08 Å². The minimum Gasteiger partial charge on any atom is -0.103 e. The Kier molecular flexibility index (Phi) is 7.72. The van der Waals surface area contributed by atoms with Crippen molar-refractivity contribution in [1.82, 2.24) is 0 Å². The average Bonchev–Trinajstić information content (AvgIpc) is 1.97. The Labute approximate surface area is 64.3 Å². The van der Waals surface area contributed by atoms with Crippen LogP contribution in [-0.2, 0) is 0 Å². The van der Waals surface area contributed by atoms with Crippen molar-refractivity contribution in [3.8, 4) is 11.8 Å². The van der Waals surface area contributed by atoms with Crippen LogP contribution in [-0.4, -0.2) is 0 Å². The highest BCUT2D eigenvalue weighted by Gasteiger charge is 1.79. The van der Waals surface area contributed by atoms with E-state index in [0.29, 0.717) is 0 Å². The van der Waals surface area contributed by atoms with Crippen LogP contribution < -0.4 is 0 Å². The largest absolute Gasteiger partial charge is 0.103 e. The van der Waals surface area contributed by atoms with E-state index in [-0.39, 0.29) is 0 Å². The molecule has 0 heteroatoms. The van der Waals surface area contributed by atoms with Crippen LogP contribution in [0.4, 0.5) is 0 Å². The van der Waals surface area contributed by atoms with E-state index in [9.17, 15) is 0 Å². The molecular weight excluding hydrogens is 120 g/mol. The number of rotatable bonds is 4. The van der Waals surface area contributed by atoms with E-state index in [0.717, 1.165) is 12.8 Å². The molecule has 0 aromatic carbocycles. The van der Waals surface area contributed by atoms with Crippen molar-refractivity contribution < 1.29 is 0 Å². The van der Waals surface area contributed by atoms with Crippen LogP contribution in [0, 0.1) is 11.8 Å². The Bertz CT molecular complexity index is 123. The summed E-state index contributed by atoms with van der Waals surface area (Å²) in [7, 11) is 0. The average molecular weight is 136 g/mol.